The second-order valence-corrected chi connectivity index (χ2v) is 7.37. The Morgan fingerprint density at radius 1 is 0.966 bits per heavy atom. The van der Waals surface area contributed by atoms with Gasteiger partial charge in [-0.15, -0.1) is 0 Å². The van der Waals surface area contributed by atoms with Crippen molar-refractivity contribution in [2.75, 3.05) is 43.4 Å². The highest BCUT2D eigenvalue weighted by atomic mass is 15.2. The molecule has 2 N–H and O–H groups in total. The molecule has 1 saturated heterocycles. The summed E-state index contributed by atoms with van der Waals surface area (Å²) in [4.78, 5) is 21.3. The molecule has 5 rings (SSSR count). The quantitative estimate of drug-likeness (QED) is 0.560. The van der Waals surface area contributed by atoms with Crippen molar-refractivity contribution in [3.63, 3.8) is 0 Å². The second kappa shape index (κ2) is 7.52. The molecule has 2 aromatic carbocycles. The van der Waals surface area contributed by atoms with Gasteiger partial charge in [-0.2, -0.15) is 0 Å². The molecular formula is C22H23N7. The number of benzene rings is 2. The molecule has 2 aromatic heterocycles. The molecule has 1 aliphatic rings. The zero-order valence-electron chi connectivity index (χ0n) is 16.3. The monoisotopic (exact) mass is 385 g/mol. The largest absolute Gasteiger partial charge is 0.369 e. The number of piperazine rings is 1. The summed E-state index contributed by atoms with van der Waals surface area (Å²) in [7, 11) is 2.17. The third kappa shape index (κ3) is 3.77. The summed E-state index contributed by atoms with van der Waals surface area (Å²) in [5.41, 5.74) is 6.05. The van der Waals surface area contributed by atoms with E-state index in [9.17, 15) is 0 Å². The molecule has 0 radical (unpaired) electrons. The lowest BCUT2D eigenvalue weighted by Gasteiger charge is -2.34. The number of imidazole rings is 1. The molecule has 7 heteroatoms. The first-order valence-corrected chi connectivity index (χ1v) is 9.82. The number of hydrogen-bond acceptors (Lipinski definition) is 6. The summed E-state index contributed by atoms with van der Waals surface area (Å²) in [6.07, 6.45) is 3.49. The van der Waals surface area contributed by atoms with Gasteiger partial charge in [0.1, 0.15) is 0 Å². The van der Waals surface area contributed by atoms with Gasteiger partial charge in [0.2, 0.25) is 5.95 Å². The number of likely N-dealkylation sites (N-methyl/N-ethyl adjacent to an activating group) is 1. The highest BCUT2D eigenvalue weighted by Gasteiger charge is 2.14. The van der Waals surface area contributed by atoms with Gasteiger partial charge in [0.15, 0.2) is 0 Å². The topological polar surface area (TPSA) is 73.0 Å². The summed E-state index contributed by atoms with van der Waals surface area (Å²) in [5, 5.41) is 3.36. The molecule has 0 unspecified atom stereocenters. The molecule has 0 saturated carbocycles. The molecule has 0 amide bonds. The summed E-state index contributed by atoms with van der Waals surface area (Å²) < 4.78 is 0. The second-order valence-electron chi connectivity index (χ2n) is 7.37. The minimum atomic E-state index is 0.586. The Hall–Kier alpha value is -3.45. The van der Waals surface area contributed by atoms with E-state index in [1.54, 1.807) is 12.5 Å². The van der Waals surface area contributed by atoms with Crippen LogP contribution in [0.25, 0.3) is 22.3 Å². The summed E-state index contributed by atoms with van der Waals surface area (Å²) in [6, 6.07) is 16.5. The third-order valence-corrected chi connectivity index (χ3v) is 5.34. The molecule has 0 atom stereocenters. The van der Waals surface area contributed by atoms with E-state index in [0.29, 0.717) is 5.95 Å². The van der Waals surface area contributed by atoms with Crippen molar-refractivity contribution in [2.24, 2.45) is 0 Å². The first kappa shape index (κ1) is 17.6. The Labute approximate surface area is 169 Å². The van der Waals surface area contributed by atoms with E-state index in [1.807, 2.05) is 24.3 Å². The van der Waals surface area contributed by atoms with E-state index in [4.69, 9.17) is 4.98 Å². The highest BCUT2D eigenvalue weighted by molar-refractivity contribution is 5.80. The van der Waals surface area contributed by atoms with Gasteiger partial charge in [-0.3, -0.25) is 0 Å². The molecule has 146 valence electrons. The summed E-state index contributed by atoms with van der Waals surface area (Å²) in [6.45, 7) is 4.26. The fourth-order valence-corrected chi connectivity index (χ4v) is 3.65. The van der Waals surface area contributed by atoms with Crippen molar-refractivity contribution < 1.29 is 0 Å². The number of nitrogens with zero attached hydrogens (tertiary/aromatic N) is 5. The number of nitrogens with one attached hydrogen (secondary N) is 2. The van der Waals surface area contributed by atoms with Crippen LogP contribution in [0.5, 0.6) is 0 Å². The van der Waals surface area contributed by atoms with Crippen LogP contribution in [-0.2, 0) is 0 Å². The number of H-pyrrole nitrogens is 1. The molecule has 7 nitrogen and oxygen atoms in total. The van der Waals surface area contributed by atoms with Crippen LogP contribution in [-0.4, -0.2) is 58.1 Å². The van der Waals surface area contributed by atoms with Gasteiger partial charge in [-0.1, -0.05) is 12.1 Å². The molecule has 3 heterocycles. The predicted molar refractivity (Wildman–Crippen MR) is 117 cm³/mol. The normalized spacial score (nSPS) is 15.0. The Morgan fingerprint density at radius 2 is 1.86 bits per heavy atom. The van der Waals surface area contributed by atoms with Gasteiger partial charge >= 0.3 is 0 Å². The number of hydrogen-bond donors (Lipinski definition) is 2. The van der Waals surface area contributed by atoms with Crippen molar-refractivity contribution in [1.29, 1.82) is 0 Å². The molecule has 0 spiro atoms. The summed E-state index contributed by atoms with van der Waals surface area (Å²) in [5.74, 6) is 0.586. The first-order chi connectivity index (χ1) is 14.2. The Kier molecular flexibility index (Phi) is 4.57. The molecule has 1 fully saturated rings. The average molecular weight is 385 g/mol. The molecule has 4 aromatic rings. The highest BCUT2D eigenvalue weighted by Crippen LogP contribution is 2.25. The van der Waals surface area contributed by atoms with Gasteiger partial charge < -0.3 is 20.1 Å². The van der Waals surface area contributed by atoms with Crippen LogP contribution >= 0.6 is 0 Å². The van der Waals surface area contributed by atoms with Gasteiger partial charge in [-0.25, -0.2) is 15.0 Å². The molecule has 0 aliphatic carbocycles. The van der Waals surface area contributed by atoms with E-state index in [1.165, 1.54) is 5.69 Å². The maximum Gasteiger partial charge on any atom is 0.227 e. The van der Waals surface area contributed by atoms with E-state index in [2.05, 4.69) is 61.4 Å². The zero-order chi connectivity index (χ0) is 19.6. The van der Waals surface area contributed by atoms with Crippen LogP contribution in [0.1, 0.15) is 0 Å². The number of aromatic amines is 1. The molecule has 29 heavy (non-hydrogen) atoms. The van der Waals surface area contributed by atoms with E-state index in [0.717, 1.165) is 54.2 Å². The molecule has 0 bridgehead atoms. The van der Waals surface area contributed by atoms with E-state index < -0.39 is 0 Å². The predicted octanol–water partition coefficient (Wildman–Crippen LogP) is 3.52. The lowest BCUT2D eigenvalue weighted by molar-refractivity contribution is 0.313. The van der Waals surface area contributed by atoms with Crippen LogP contribution in [0.4, 0.5) is 17.3 Å². The third-order valence-electron chi connectivity index (χ3n) is 5.34. The first-order valence-electron chi connectivity index (χ1n) is 9.82. The Balaban J connectivity index is 1.37. The van der Waals surface area contributed by atoms with Crippen LogP contribution < -0.4 is 10.2 Å². The van der Waals surface area contributed by atoms with Crippen LogP contribution in [0.3, 0.4) is 0 Å². The SMILES string of the molecule is CN1CCN(c2cccc(Nc3nccc(-c4ccc5nc[nH]c5c4)n3)c2)CC1. The lowest BCUT2D eigenvalue weighted by Crippen LogP contribution is -2.44. The van der Waals surface area contributed by atoms with Crippen LogP contribution in [0, 0.1) is 0 Å². The lowest BCUT2D eigenvalue weighted by atomic mass is 10.1. The van der Waals surface area contributed by atoms with Gasteiger partial charge in [0, 0.05) is 49.3 Å². The zero-order valence-corrected chi connectivity index (χ0v) is 16.3. The van der Waals surface area contributed by atoms with Crippen molar-refractivity contribution >= 4 is 28.4 Å². The van der Waals surface area contributed by atoms with Crippen LogP contribution in [0.2, 0.25) is 0 Å². The van der Waals surface area contributed by atoms with Crippen molar-refractivity contribution in [3.05, 3.63) is 61.1 Å². The van der Waals surface area contributed by atoms with E-state index >= 15 is 0 Å². The minimum absolute atomic E-state index is 0.586. The van der Waals surface area contributed by atoms with Gasteiger partial charge in [-0.05, 0) is 43.4 Å². The molecule has 1 aliphatic heterocycles. The van der Waals surface area contributed by atoms with Crippen molar-refractivity contribution in [3.8, 4) is 11.3 Å². The standard InChI is InChI=1S/C22H23N7/c1-28-9-11-29(12-10-28)18-4-2-3-17(14-18)26-22-23-8-7-19(27-22)16-5-6-20-21(13-16)25-15-24-20/h2-8,13-15H,9-12H2,1H3,(H,24,25)(H,23,26,27). The Bertz CT molecular complexity index is 1130. The maximum atomic E-state index is 4.70. The smallest absolute Gasteiger partial charge is 0.227 e. The van der Waals surface area contributed by atoms with Crippen molar-refractivity contribution in [1.82, 2.24) is 24.8 Å². The minimum Gasteiger partial charge on any atom is -0.369 e. The Morgan fingerprint density at radius 3 is 2.76 bits per heavy atom. The van der Waals surface area contributed by atoms with Crippen LogP contribution in [0.15, 0.2) is 61.1 Å². The van der Waals surface area contributed by atoms with Gasteiger partial charge in [0.05, 0.1) is 23.1 Å². The number of aromatic nitrogens is 4. The number of rotatable bonds is 4. The summed E-state index contributed by atoms with van der Waals surface area (Å²) >= 11 is 0. The number of anilines is 3. The average Bonchev–Trinajstić information content (AvgIpc) is 3.23. The van der Waals surface area contributed by atoms with Gasteiger partial charge in [0.25, 0.3) is 0 Å². The molecular weight excluding hydrogens is 362 g/mol. The fourth-order valence-electron chi connectivity index (χ4n) is 3.65. The van der Waals surface area contributed by atoms with E-state index in [-0.39, 0.29) is 0 Å². The fraction of sp³-hybridized carbons (Fsp3) is 0.227. The van der Waals surface area contributed by atoms with Crippen molar-refractivity contribution in [2.45, 2.75) is 0 Å². The maximum absolute atomic E-state index is 4.70. The number of fused-ring (bicyclic) bond motifs is 1.